The molecular formula is C20H26FN3O. The Morgan fingerprint density at radius 2 is 1.96 bits per heavy atom. The predicted molar refractivity (Wildman–Crippen MR) is 99.9 cm³/mol. The predicted octanol–water partition coefficient (Wildman–Crippen LogP) is 3.79. The molecule has 0 aliphatic carbocycles. The molecule has 2 N–H and O–H groups in total. The van der Waals surface area contributed by atoms with Crippen LogP contribution in [0.4, 0.5) is 4.39 Å². The van der Waals surface area contributed by atoms with Gasteiger partial charge in [0.2, 0.25) is 0 Å². The molecule has 2 aromatic carbocycles. The van der Waals surface area contributed by atoms with Gasteiger partial charge in [0.25, 0.3) is 0 Å². The molecule has 0 aromatic heterocycles. The van der Waals surface area contributed by atoms with E-state index in [1.54, 1.807) is 19.2 Å². The normalized spacial score (nSPS) is 12.7. The average Bonchev–Trinajstić information content (AvgIpc) is 2.63. The third-order valence-corrected chi connectivity index (χ3v) is 3.83. The summed E-state index contributed by atoms with van der Waals surface area (Å²) < 4.78 is 18.7. The first-order valence-electron chi connectivity index (χ1n) is 8.50. The Kier molecular flexibility index (Phi) is 7.41. The summed E-state index contributed by atoms with van der Waals surface area (Å²) in [5.74, 6) is 0.480. The maximum atomic E-state index is 13.7. The molecule has 0 bridgehead atoms. The van der Waals surface area contributed by atoms with Crippen molar-refractivity contribution in [2.24, 2.45) is 4.99 Å². The van der Waals surface area contributed by atoms with Crippen LogP contribution in [0.15, 0.2) is 53.5 Å². The zero-order valence-corrected chi connectivity index (χ0v) is 15.1. The maximum absolute atomic E-state index is 13.7. The number of halogens is 1. The van der Waals surface area contributed by atoms with Crippen LogP contribution in [0.2, 0.25) is 0 Å². The molecule has 5 heteroatoms. The fraction of sp³-hybridized carbons (Fsp3) is 0.350. The summed E-state index contributed by atoms with van der Waals surface area (Å²) in [7, 11) is 1.56. The molecule has 0 aliphatic heterocycles. The summed E-state index contributed by atoms with van der Waals surface area (Å²) in [6.07, 6.45) is 0. The van der Waals surface area contributed by atoms with Crippen molar-refractivity contribution in [3.05, 3.63) is 71.0 Å². The fourth-order valence-corrected chi connectivity index (χ4v) is 2.51. The van der Waals surface area contributed by atoms with Crippen LogP contribution in [-0.2, 0) is 17.9 Å². The second kappa shape index (κ2) is 9.79. The summed E-state index contributed by atoms with van der Waals surface area (Å²) in [5, 5.41) is 6.64. The Bertz CT molecular complexity index is 689. The first-order valence-corrected chi connectivity index (χ1v) is 8.50. The van der Waals surface area contributed by atoms with Crippen LogP contribution in [-0.4, -0.2) is 19.6 Å². The van der Waals surface area contributed by atoms with E-state index in [0.29, 0.717) is 12.1 Å². The molecule has 0 amide bonds. The van der Waals surface area contributed by atoms with Gasteiger partial charge in [0.05, 0.1) is 19.2 Å². The SMILES string of the molecule is CCNC(=NCc1ccc(F)c(COC)c1)NC(C)c1ccccc1. The zero-order valence-electron chi connectivity index (χ0n) is 15.1. The smallest absolute Gasteiger partial charge is 0.192 e. The summed E-state index contributed by atoms with van der Waals surface area (Å²) in [4.78, 5) is 4.61. The summed E-state index contributed by atoms with van der Waals surface area (Å²) in [5.41, 5.74) is 2.68. The standard InChI is InChI=1S/C20H26FN3O/c1-4-22-20(24-15(2)17-8-6-5-7-9-17)23-13-16-10-11-19(21)18(12-16)14-25-3/h5-12,15H,4,13-14H2,1-3H3,(H2,22,23,24). The van der Waals surface area contributed by atoms with Crippen molar-refractivity contribution in [2.45, 2.75) is 33.0 Å². The van der Waals surface area contributed by atoms with Gasteiger partial charge in [0.15, 0.2) is 5.96 Å². The molecule has 1 unspecified atom stereocenters. The third kappa shape index (κ3) is 5.87. The van der Waals surface area contributed by atoms with Crippen molar-refractivity contribution in [3.63, 3.8) is 0 Å². The van der Waals surface area contributed by atoms with Gasteiger partial charge in [-0.1, -0.05) is 36.4 Å². The first-order chi connectivity index (χ1) is 12.1. The van der Waals surface area contributed by atoms with Crippen molar-refractivity contribution in [1.82, 2.24) is 10.6 Å². The van der Waals surface area contributed by atoms with Crippen LogP contribution >= 0.6 is 0 Å². The van der Waals surface area contributed by atoms with Gasteiger partial charge in [-0.25, -0.2) is 9.38 Å². The van der Waals surface area contributed by atoms with Gasteiger partial charge in [-0.3, -0.25) is 0 Å². The molecule has 1 atom stereocenters. The van der Waals surface area contributed by atoms with Crippen molar-refractivity contribution in [1.29, 1.82) is 0 Å². The first kappa shape index (κ1) is 18.9. The number of nitrogens with one attached hydrogen (secondary N) is 2. The molecule has 0 spiro atoms. The molecule has 2 aromatic rings. The number of methoxy groups -OCH3 is 1. The van der Waals surface area contributed by atoms with E-state index < -0.39 is 0 Å². The molecule has 0 fully saturated rings. The number of rotatable bonds is 7. The topological polar surface area (TPSA) is 45.7 Å². The minimum Gasteiger partial charge on any atom is -0.380 e. The lowest BCUT2D eigenvalue weighted by Gasteiger charge is -2.18. The molecule has 134 valence electrons. The van der Waals surface area contributed by atoms with Gasteiger partial charge in [0, 0.05) is 19.2 Å². The number of aliphatic imine (C=N–C) groups is 1. The lowest BCUT2D eigenvalue weighted by atomic mass is 10.1. The Balaban J connectivity index is 2.07. The van der Waals surface area contributed by atoms with E-state index in [4.69, 9.17) is 4.74 Å². The van der Waals surface area contributed by atoms with E-state index in [2.05, 4.69) is 34.7 Å². The van der Waals surface area contributed by atoms with Crippen LogP contribution in [0.3, 0.4) is 0 Å². The lowest BCUT2D eigenvalue weighted by molar-refractivity contribution is 0.181. The fourth-order valence-electron chi connectivity index (χ4n) is 2.51. The van der Waals surface area contributed by atoms with Crippen molar-refractivity contribution in [3.8, 4) is 0 Å². The molecule has 0 radical (unpaired) electrons. The Labute approximate surface area is 149 Å². The molecule has 0 aliphatic rings. The van der Waals surface area contributed by atoms with Crippen LogP contribution < -0.4 is 10.6 Å². The zero-order chi connectivity index (χ0) is 18.1. The summed E-state index contributed by atoms with van der Waals surface area (Å²) in [6.45, 7) is 5.61. The van der Waals surface area contributed by atoms with Gasteiger partial charge in [-0.15, -0.1) is 0 Å². The van der Waals surface area contributed by atoms with Gasteiger partial charge in [0.1, 0.15) is 5.82 Å². The second-order valence-electron chi connectivity index (χ2n) is 5.83. The van der Waals surface area contributed by atoms with E-state index in [0.717, 1.165) is 18.1 Å². The average molecular weight is 343 g/mol. The number of ether oxygens (including phenoxy) is 1. The molecule has 4 nitrogen and oxygen atoms in total. The second-order valence-corrected chi connectivity index (χ2v) is 5.83. The van der Waals surface area contributed by atoms with E-state index in [9.17, 15) is 4.39 Å². The monoisotopic (exact) mass is 343 g/mol. The molecule has 0 saturated carbocycles. The van der Waals surface area contributed by atoms with Crippen LogP contribution in [0.1, 0.15) is 36.6 Å². The van der Waals surface area contributed by atoms with Gasteiger partial charge in [-0.2, -0.15) is 0 Å². The van der Waals surface area contributed by atoms with E-state index in [1.807, 2.05) is 25.1 Å². The Morgan fingerprint density at radius 3 is 2.64 bits per heavy atom. The minimum atomic E-state index is -0.252. The number of hydrogen-bond donors (Lipinski definition) is 2. The molecule has 0 saturated heterocycles. The highest BCUT2D eigenvalue weighted by atomic mass is 19.1. The van der Waals surface area contributed by atoms with Gasteiger partial charge >= 0.3 is 0 Å². The quantitative estimate of drug-likeness (QED) is 0.594. The van der Waals surface area contributed by atoms with Crippen molar-refractivity contribution >= 4 is 5.96 Å². The highest BCUT2D eigenvalue weighted by molar-refractivity contribution is 5.80. The Hall–Kier alpha value is -2.40. The van der Waals surface area contributed by atoms with E-state index >= 15 is 0 Å². The van der Waals surface area contributed by atoms with Crippen LogP contribution in [0, 0.1) is 5.82 Å². The van der Waals surface area contributed by atoms with Gasteiger partial charge in [-0.05, 0) is 37.1 Å². The highest BCUT2D eigenvalue weighted by Crippen LogP contribution is 2.13. The van der Waals surface area contributed by atoms with Crippen LogP contribution in [0.25, 0.3) is 0 Å². The minimum absolute atomic E-state index is 0.135. The number of nitrogens with zero attached hydrogens (tertiary/aromatic N) is 1. The lowest BCUT2D eigenvalue weighted by Crippen LogP contribution is -2.38. The number of hydrogen-bond acceptors (Lipinski definition) is 2. The van der Waals surface area contributed by atoms with E-state index in [-0.39, 0.29) is 18.5 Å². The maximum Gasteiger partial charge on any atom is 0.192 e. The summed E-state index contributed by atoms with van der Waals surface area (Å²) in [6, 6.07) is 15.4. The van der Waals surface area contributed by atoms with Gasteiger partial charge < -0.3 is 15.4 Å². The van der Waals surface area contributed by atoms with Crippen molar-refractivity contribution < 1.29 is 9.13 Å². The number of guanidine groups is 1. The highest BCUT2D eigenvalue weighted by Gasteiger charge is 2.08. The van der Waals surface area contributed by atoms with Crippen molar-refractivity contribution in [2.75, 3.05) is 13.7 Å². The molecule has 0 heterocycles. The van der Waals surface area contributed by atoms with Crippen LogP contribution in [0.5, 0.6) is 0 Å². The van der Waals surface area contributed by atoms with E-state index in [1.165, 1.54) is 11.6 Å². The Morgan fingerprint density at radius 1 is 1.20 bits per heavy atom. The number of benzene rings is 2. The largest absolute Gasteiger partial charge is 0.380 e. The summed E-state index contributed by atoms with van der Waals surface area (Å²) >= 11 is 0. The molecular weight excluding hydrogens is 317 g/mol. The third-order valence-electron chi connectivity index (χ3n) is 3.83. The molecule has 25 heavy (non-hydrogen) atoms. The molecule has 2 rings (SSSR count).